The third-order valence-corrected chi connectivity index (χ3v) is 9.30. The van der Waals surface area contributed by atoms with Gasteiger partial charge in [-0.2, -0.15) is 0 Å². The number of likely N-dealkylation sites (tertiary alicyclic amines) is 2. The SMILES string of the molecule is CC(C)C1CC(OC2CCC(OC3CC(C(C)C)N(C)C(C)(C)C3)CC2)CC(C)(C)N1C. The van der Waals surface area contributed by atoms with Crippen LogP contribution in [0.25, 0.3) is 0 Å². The van der Waals surface area contributed by atoms with Crippen molar-refractivity contribution in [3.05, 3.63) is 0 Å². The molecule has 0 bridgehead atoms. The van der Waals surface area contributed by atoms with Gasteiger partial charge in [0.2, 0.25) is 0 Å². The molecule has 0 N–H and O–H groups in total. The summed E-state index contributed by atoms with van der Waals surface area (Å²) >= 11 is 0. The van der Waals surface area contributed by atoms with E-state index in [1.165, 1.54) is 12.8 Å². The normalized spacial score (nSPS) is 39.0. The molecule has 188 valence electrons. The van der Waals surface area contributed by atoms with Crippen LogP contribution in [0.15, 0.2) is 0 Å². The molecule has 0 spiro atoms. The van der Waals surface area contributed by atoms with Crippen molar-refractivity contribution in [3.63, 3.8) is 0 Å². The summed E-state index contributed by atoms with van der Waals surface area (Å²) in [5.74, 6) is 1.34. The highest BCUT2D eigenvalue weighted by Gasteiger charge is 2.43. The number of piperidine rings is 2. The Kier molecular flexibility index (Phi) is 8.44. The lowest BCUT2D eigenvalue weighted by Gasteiger charge is -2.51. The number of hydrogen-bond donors (Lipinski definition) is 0. The molecule has 32 heavy (non-hydrogen) atoms. The van der Waals surface area contributed by atoms with Crippen molar-refractivity contribution in [1.29, 1.82) is 0 Å². The summed E-state index contributed by atoms with van der Waals surface area (Å²) in [6.45, 7) is 19.0. The van der Waals surface area contributed by atoms with E-state index in [1.807, 2.05) is 0 Å². The smallest absolute Gasteiger partial charge is 0.0611 e. The second-order valence-corrected chi connectivity index (χ2v) is 13.3. The number of nitrogens with zero attached hydrogens (tertiary/aromatic N) is 2. The van der Waals surface area contributed by atoms with Crippen LogP contribution >= 0.6 is 0 Å². The summed E-state index contributed by atoms with van der Waals surface area (Å²) in [5, 5.41) is 0. The van der Waals surface area contributed by atoms with Crippen LogP contribution in [0, 0.1) is 11.8 Å². The molecule has 0 aromatic heterocycles. The van der Waals surface area contributed by atoms with Gasteiger partial charge in [-0.15, -0.1) is 0 Å². The summed E-state index contributed by atoms with van der Waals surface area (Å²) in [7, 11) is 4.61. The predicted octanol–water partition coefficient (Wildman–Crippen LogP) is 6.13. The first kappa shape index (κ1) is 26.4. The van der Waals surface area contributed by atoms with E-state index < -0.39 is 0 Å². The summed E-state index contributed by atoms with van der Waals surface area (Å²) < 4.78 is 13.5. The third-order valence-electron chi connectivity index (χ3n) is 9.30. The van der Waals surface area contributed by atoms with E-state index >= 15 is 0 Å². The van der Waals surface area contributed by atoms with Crippen LogP contribution < -0.4 is 0 Å². The molecule has 4 nitrogen and oxygen atoms in total. The highest BCUT2D eigenvalue weighted by Crippen LogP contribution is 2.39. The molecule has 0 aromatic rings. The van der Waals surface area contributed by atoms with Crippen LogP contribution in [0.4, 0.5) is 0 Å². The van der Waals surface area contributed by atoms with Gasteiger partial charge in [-0.3, -0.25) is 9.80 Å². The van der Waals surface area contributed by atoms with Gasteiger partial charge in [-0.25, -0.2) is 0 Å². The minimum Gasteiger partial charge on any atom is -0.375 e. The largest absolute Gasteiger partial charge is 0.375 e. The Bertz CT molecular complexity index is 542. The zero-order chi connectivity index (χ0) is 23.8. The van der Waals surface area contributed by atoms with E-state index in [4.69, 9.17) is 9.47 Å². The fourth-order valence-corrected chi connectivity index (χ4v) is 6.82. The lowest BCUT2D eigenvalue weighted by molar-refractivity contribution is -0.135. The Hall–Kier alpha value is -0.160. The van der Waals surface area contributed by atoms with E-state index in [0.717, 1.165) is 38.5 Å². The molecule has 3 rings (SSSR count). The Labute approximate surface area is 199 Å². The van der Waals surface area contributed by atoms with Crippen LogP contribution in [0.3, 0.4) is 0 Å². The molecule has 3 aliphatic rings. The first-order valence-electron chi connectivity index (χ1n) is 13.6. The summed E-state index contributed by atoms with van der Waals surface area (Å²) in [5.41, 5.74) is 0.429. The van der Waals surface area contributed by atoms with E-state index in [1.54, 1.807) is 0 Å². The minimum atomic E-state index is 0.214. The van der Waals surface area contributed by atoms with Crippen molar-refractivity contribution in [2.75, 3.05) is 14.1 Å². The molecule has 4 unspecified atom stereocenters. The lowest BCUT2D eigenvalue weighted by atomic mass is 9.80. The highest BCUT2D eigenvalue weighted by atomic mass is 16.5. The van der Waals surface area contributed by atoms with Crippen molar-refractivity contribution in [1.82, 2.24) is 9.80 Å². The minimum absolute atomic E-state index is 0.214. The molecule has 2 saturated heterocycles. The second kappa shape index (κ2) is 10.2. The van der Waals surface area contributed by atoms with Gasteiger partial charge in [0.15, 0.2) is 0 Å². The molecule has 0 amide bonds. The average molecular weight is 451 g/mol. The van der Waals surface area contributed by atoms with Gasteiger partial charge in [-0.05, 0) is 105 Å². The number of rotatable bonds is 6. The lowest BCUT2D eigenvalue weighted by Crippen LogP contribution is -2.57. The molecule has 1 aliphatic carbocycles. The van der Waals surface area contributed by atoms with Crippen molar-refractivity contribution in [3.8, 4) is 0 Å². The Morgan fingerprint density at radius 1 is 0.594 bits per heavy atom. The predicted molar refractivity (Wildman–Crippen MR) is 135 cm³/mol. The molecule has 0 radical (unpaired) electrons. The van der Waals surface area contributed by atoms with Crippen molar-refractivity contribution >= 4 is 0 Å². The maximum absolute atomic E-state index is 6.74. The average Bonchev–Trinajstić information content (AvgIpc) is 2.67. The van der Waals surface area contributed by atoms with Crippen LogP contribution in [0.2, 0.25) is 0 Å². The third kappa shape index (κ3) is 6.09. The van der Waals surface area contributed by atoms with Gasteiger partial charge in [0.1, 0.15) is 0 Å². The maximum Gasteiger partial charge on any atom is 0.0611 e. The van der Waals surface area contributed by atoms with E-state index in [2.05, 4.69) is 79.3 Å². The molecule has 0 aromatic carbocycles. The van der Waals surface area contributed by atoms with Gasteiger partial charge in [0, 0.05) is 23.2 Å². The van der Waals surface area contributed by atoms with Crippen LogP contribution in [-0.2, 0) is 9.47 Å². The Balaban J connectivity index is 1.49. The number of ether oxygens (including phenoxy) is 2. The molecular formula is C28H54N2O2. The molecule has 3 fully saturated rings. The summed E-state index contributed by atoms with van der Waals surface area (Å²) in [6, 6.07) is 1.23. The maximum atomic E-state index is 6.74. The zero-order valence-corrected chi connectivity index (χ0v) is 23.0. The highest BCUT2D eigenvalue weighted by molar-refractivity contribution is 4.97. The Morgan fingerprint density at radius 3 is 1.19 bits per heavy atom. The fourth-order valence-electron chi connectivity index (χ4n) is 6.82. The van der Waals surface area contributed by atoms with Crippen LogP contribution in [0.5, 0.6) is 0 Å². The summed E-state index contributed by atoms with van der Waals surface area (Å²) in [4.78, 5) is 5.19. The van der Waals surface area contributed by atoms with Gasteiger partial charge in [0.25, 0.3) is 0 Å². The van der Waals surface area contributed by atoms with Gasteiger partial charge in [0.05, 0.1) is 24.4 Å². The first-order valence-corrected chi connectivity index (χ1v) is 13.6. The zero-order valence-electron chi connectivity index (χ0n) is 23.0. The van der Waals surface area contributed by atoms with E-state index in [9.17, 15) is 0 Å². The molecule has 4 atom stereocenters. The quantitative estimate of drug-likeness (QED) is 0.486. The van der Waals surface area contributed by atoms with Crippen LogP contribution in [-0.4, -0.2) is 71.5 Å². The molecule has 1 saturated carbocycles. The molecular weight excluding hydrogens is 396 g/mol. The van der Waals surface area contributed by atoms with Gasteiger partial charge in [-0.1, -0.05) is 27.7 Å². The molecule has 2 heterocycles. The fraction of sp³-hybridized carbons (Fsp3) is 1.00. The molecule has 4 heteroatoms. The standard InChI is InChI=1S/C28H54N2O2/c1-19(2)25-15-23(17-27(5,6)29(25)9)31-21-11-13-22(14-12-21)32-24-16-26(20(3)4)30(10)28(7,8)18-24/h19-26H,11-18H2,1-10H3. The second-order valence-electron chi connectivity index (χ2n) is 13.3. The van der Waals surface area contributed by atoms with Crippen molar-refractivity contribution in [2.24, 2.45) is 11.8 Å². The van der Waals surface area contributed by atoms with E-state index in [0.29, 0.717) is 48.3 Å². The Morgan fingerprint density at radius 2 is 0.906 bits per heavy atom. The monoisotopic (exact) mass is 450 g/mol. The van der Waals surface area contributed by atoms with Crippen molar-refractivity contribution in [2.45, 2.75) is 154 Å². The first-order chi connectivity index (χ1) is 14.8. The molecule has 2 aliphatic heterocycles. The van der Waals surface area contributed by atoms with E-state index in [-0.39, 0.29) is 11.1 Å². The topological polar surface area (TPSA) is 24.9 Å². The van der Waals surface area contributed by atoms with Gasteiger partial charge >= 0.3 is 0 Å². The van der Waals surface area contributed by atoms with Gasteiger partial charge < -0.3 is 9.47 Å². The summed E-state index contributed by atoms with van der Waals surface area (Å²) in [6.07, 6.45) is 10.9. The number of hydrogen-bond acceptors (Lipinski definition) is 4. The van der Waals surface area contributed by atoms with Crippen molar-refractivity contribution < 1.29 is 9.47 Å². The van der Waals surface area contributed by atoms with Crippen LogP contribution in [0.1, 0.15) is 107 Å².